The number of hydrogen-bond donors (Lipinski definition) is 0. The Bertz CT molecular complexity index is 989. The highest BCUT2D eigenvalue weighted by Gasteiger charge is 2.10. The summed E-state index contributed by atoms with van der Waals surface area (Å²) >= 11 is 0. The van der Waals surface area contributed by atoms with Crippen molar-refractivity contribution in [1.82, 2.24) is 19.9 Å². The van der Waals surface area contributed by atoms with Gasteiger partial charge in [0.25, 0.3) is 0 Å². The number of aromatic nitrogens is 3. The van der Waals surface area contributed by atoms with Crippen LogP contribution >= 0.6 is 0 Å². The van der Waals surface area contributed by atoms with Gasteiger partial charge in [0.05, 0.1) is 5.69 Å². The van der Waals surface area contributed by atoms with Crippen LogP contribution in [0.25, 0.3) is 11.2 Å². The first-order chi connectivity index (χ1) is 13.0. The molecule has 0 aliphatic rings. The molecule has 0 saturated heterocycles. The number of pyridine rings is 1. The second kappa shape index (κ2) is 8.47. The quantitative estimate of drug-likeness (QED) is 0.651. The number of anilines is 1. The number of benzene rings is 1. The molecule has 138 valence electrons. The molecule has 0 aliphatic carbocycles. The summed E-state index contributed by atoms with van der Waals surface area (Å²) < 4.78 is 5.87. The Hall–Kier alpha value is -3.17. The standard InChI is InChI=1S/C21H23N5O/c1-25(2)14-15-27-21-18(23-20-17(24-21)9-7-13-22-20)12-11-16-8-5-6-10-19(16)26(3)4/h5-10,13H,14-15H2,1-4H3. The molecule has 6 heteroatoms. The molecule has 0 N–H and O–H groups in total. The van der Waals surface area contributed by atoms with Crippen LogP contribution in [-0.2, 0) is 0 Å². The molecule has 0 fully saturated rings. The number of rotatable bonds is 5. The van der Waals surface area contributed by atoms with Gasteiger partial charge < -0.3 is 14.5 Å². The minimum atomic E-state index is 0.437. The number of fused-ring (bicyclic) bond motifs is 1. The number of hydrogen-bond acceptors (Lipinski definition) is 6. The Kier molecular flexibility index (Phi) is 5.84. The van der Waals surface area contributed by atoms with Gasteiger partial charge in [-0.25, -0.2) is 15.0 Å². The van der Waals surface area contributed by atoms with E-state index in [0.717, 1.165) is 17.8 Å². The van der Waals surface area contributed by atoms with Crippen molar-refractivity contribution in [3.05, 3.63) is 53.9 Å². The van der Waals surface area contributed by atoms with E-state index in [-0.39, 0.29) is 0 Å². The summed E-state index contributed by atoms with van der Waals surface area (Å²) in [6.45, 7) is 1.29. The minimum Gasteiger partial charge on any atom is -0.474 e. The second-order valence-corrected chi connectivity index (χ2v) is 6.54. The maximum atomic E-state index is 5.87. The van der Waals surface area contributed by atoms with E-state index in [4.69, 9.17) is 4.74 Å². The first kappa shape index (κ1) is 18.6. The highest BCUT2D eigenvalue weighted by atomic mass is 16.5. The smallest absolute Gasteiger partial charge is 0.249 e. The molecule has 0 aliphatic heterocycles. The highest BCUT2D eigenvalue weighted by Crippen LogP contribution is 2.19. The van der Waals surface area contributed by atoms with Gasteiger partial charge in [-0.15, -0.1) is 0 Å². The summed E-state index contributed by atoms with van der Waals surface area (Å²) in [7, 11) is 7.99. The molecular formula is C21H23N5O. The van der Waals surface area contributed by atoms with Gasteiger partial charge >= 0.3 is 0 Å². The van der Waals surface area contributed by atoms with Crippen molar-refractivity contribution in [3.8, 4) is 17.7 Å². The molecule has 0 bridgehead atoms. The van der Waals surface area contributed by atoms with Gasteiger partial charge in [-0.05, 0) is 44.3 Å². The third-order valence-electron chi connectivity index (χ3n) is 3.89. The lowest BCUT2D eigenvalue weighted by atomic mass is 10.1. The SMILES string of the molecule is CN(C)CCOc1nc2cccnc2nc1C#Cc1ccccc1N(C)C. The fourth-order valence-corrected chi connectivity index (χ4v) is 2.48. The van der Waals surface area contributed by atoms with Crippen molar-refractivity contribution in [1.29, 1.82) is 0 Å². The lowest BCUT2D eigenvalue weighted by molar-refractivity contribution is 0.253. The fourth-order valence-electron chi connectivity index (χ4n) is 2.48. The van der Waals surface area contributed by atoms with E-state index in [2.05, 4.69) is 31.7 Å². The largest absolute Gasteiger partial charge is 0.474 e. The predicted molar refractivity (Wildman–Crippen MR) is 108 cm³/mol. The van der Waals surface area contributed by atoms with Crippen molar-refractivity contribution in [2.45, 2.75) is 0 Å². The van der Waals surface area contributed by atoms with Gasteiger partial charge in [0.2, 0.25) is 5.88 Å². The van der Waals surface area contributed by atoms with Gasteiger partial charge in [0.15, 0.2) is 11.3 Å². The molecular weight excluding hydrogens is 338 g/mol. The maximum Gasteiger partial charge on any atom is 0.249 e. The third kappa shape index (κ3) is 4.72. The van der Waals surface area contributed by atoms with Crippen molar-refractivity contribution in [2.75, 3.05) is 46.2 Å². The van der Waals surface area contributed by atoms with Crippen LogP contribution in [0.2, 0.25) is 0 Å². The molecule has 3 rings (SSSR count). The van der Waals surface area contributed by atoms with Gasteiger partial charge in [0, 0.05) is 32.4 Å². The molecule has 6 nitrogen and oxygen atoms in total. The van der Waals surface area contributed by atoms with Crippen molar-refractivity contribution < 1.29 is 4.74 Å². The van der Waals surface area contributed by atoms with E-state index in [0.29, 0.717) is 29.3 Å². The monoisotopic (exact) mass is 361 g/mol. The predicted octanol–water partition coefficient (Wildman–Crippen LogP) is 2.43. The lowest BCUT2D eigenvalue weighted by Crippen LogP contribution is -2.20. The van der Waals surface area contributed by atoms with Crippen LogP contribution in [0, 0.1) is 11.8 Å². The zero-order valence-electron chi connectivity index (χ0n) is 16.1. The molecule has 0 saturated carbocycles. The summed E-state index contributed by atoms with van der Waals surface area (Å²) in [6.07, 6.45) is 1.70. The normalized spacial score (nSPS) is 10.6. The van der Waals surface area contributed by atoms with Gasteiger partial charge in [-0.1, -0.05) is 18.1 Å². The fraction of sp³-hybridized carbons (Fsp3) is 0.286. The van der Waals surface area contributed by atoms with E-state index in [1.54, 1.807) is 6.20 Å². The Balaban J connectivity index is 2.00. The number of likely N-dealkylation sites (N-methyl/N-ethyl adjacent to an activating group) is 1. The summed E-state index contributed by atoms with van der Waals surface area (Å²) in [6, 6.07) is 11.7. The highest BCUT2D eigenvalue weighted by molar-refractivity contribution is 5.71. The van der Waals surface area contributed by atoms with Crippen LogP contribution in [0.1, 0.15) is 11.3 Å². The van der Waals surface area contributed by atoms with Crippen LogP contribution in [0.5, 0.6) is 5.88 Å². The first-order valence-corrected chi connectivity index (χ1v) is 8.73. The number of ether oxygens (including phenoxy) is 1. The van der Waals surface area contributed by atoms with Gasteiger partial charge in [-0.2, -0.15) is 0 Å². The van der Waals surface area contributed by atoms with Gasteiger partial charge in [0.1, 0.15) is 12.1 Å². The van der Waals surface area contributed by atoms with Gasteiger partial charge in [-0.3, -0.25) is 0 Å². The van der Waals surface area contributed by atoms with Crippen LogP contribution in [0.15, 0.2) is 42.6 Å². The zero-order chi connectivity index (χ0) is 19.2. The summed E-state index contributed by atoms with van der Waals surface area (Å²) in [5.41, 5.74) is 3.71. The molecule has 0 spiro atoms. The zero-order valence-corrected chi connectivity index (χ0v) is 16.1. The van der Waals surface area contributed by atoms with E-state index < -0.39 is 0 Å². The molecule has 1 aromatic carbocycles. The summed E-state index contributed by atoms with van der Waals surface area (Å²) in [5, 5.41) is 0. The Morgan fingerprint density at radius 1 is 0.963 bits per heavy atom. The second-order valence-electron chi connectivity index (χ2n) is 6.54. The molecule has 2 heterocycles. The third-order valence-corrected chi connectivity index (χ3v) is 3.89. The van der Waals surface area contributed by atoms with E-state index in [1.165, 1.54) is 0 Å². The molecule has 0 unspecified atom stereocenters. The van der Waals surface area contributed by atoms with Crippen LogP contribution < -0.4 is 9.64 Å². The van der Waals surface area contributed by atoms with E-state index >= 15 is 0 Å². The Morgan fingerprint density at radius 2 is 1.78 bits per heavy atom. The van der Waals surface area contributed by atoms with Crippen LogP contribution in [-0.4, -0.2) is 61.2 Å². The minimum absolute atomic E-state index is 0.437. The average Bonchev–Trinajstić information content (AvgIpc) is 2.66. The molecule has 0 amide bonds. The van der Waals surface area contributed by atoms with Crippen molar-refractivity contribution in [3.63, 3.8) is 0 Å². The van der Waals surface area contributed by atoms with E-state index in [1.807, 2.05) is 69.5 Å². The summed E-state index contributed by atoms with van der Waals surface area (Å²) in [4.78, 5) is 17.5. The number of nitrogens with zero attached hydrogens (tertiary/aromatic N) is 5. The van der Waals surface area contributed by atoms with Crippen LogP contribution in [0.4, 0.5) is 5.69 Å². The number of para-hydroxylation sites is 1. The molecule has 0 atom stereocenters. The topological polar surface area (TPSA) is 54.4 Å². The Morgan fingerprint density at radius 3 is 2.56 bits per heavy atom. The molecule has 0 radical (unpaired) electrons. The maximum absolute atomic E-state index is 5.87. The van der Waals surface area contributed by atoms with Crippen LogP contribution in [0.3, 0.4) is 0 Å². The average molecular weight is 361 g/mol. The first-order valence-electron chi connectivity index (χ1n) is 8.73. The molecule has 2 aromatic heterocycles. The lowest BCUT2D eigenvalue weighted by Gasteiger charge is -2.14. The Labute approximate surface area is 159 Å². The molecule has 27 heavy (non-hydrogen) atoms. The summed E-state index contributed by atoms with van der Waals surface area (Å²) in [5.74, 6) is 6.77. The van der Waals surface area contributed by atoms with E-state index in [9.17, 15) is 0 Å². The molecule has 3 aromatic rings. The van der Waals surface area contributed by atoms with Crippen molar-refractivity contribution in [2.24, 2.45) is 0 Å². The van der Waals surface area contributed by atoms with Crippen molar-refractivity contribution >= 4 is 16.9 Å².